The monoisotopic (exact) mass is 533 g/mol. The lowest BCUT2D eigenvalue weighted by molar-refractivity contribution is -0.274. The summed E-state index contributed by atoms with van der Waals surface area (Å²) in [7, 11) is 1.32. The predicted octanol–water partition coefficient (Wildman–Crippen LogP) is 5.87. The minimum absolute atomic E-state index is 0.0291. The van der Waals surface area contributed by atoms with Crippen LogP contribution < -0.4 is 9.47 Å². The maximum atomic E-state index is 13.5. The standard InChI is InChI=1S/C28H30F3NO6/c1-26(2,3)38-25(34)19-11-8-14-27(23(19)17-9-6-5-7-10-17)16-21(24(33)32(27)35)20-15-18(37-28(29,30)31)12-13-22(20)36-4/h5-7,9-10,12-13,15-16,19,23,35H,8,11,14H2,1-4H3/t19?,23-,27-/m1/s1. The highest BCUT2D eigenvalue weighted by Crippen LogP contribution is 2.53. The summed E-state index contributed by atoms with van der Waals surface area (Å²) in [6.07, 6.45) is -2.11. The van der Waals surface area contributed by atoms with E-state index in [1.807, 2.05) is 18.2 Å². The molecule has 0 aromatic heterocycles. The Morgan fingerprint density at radius 3 is 2.39 bits per heavy atom. The summed E-state index contributed by atoms with van der Waals surface area (Å²) >= 11 is 0. The fourth-order valence-corrected chi connectivity index (χ4v) is 5.45. The number of methoxy groups -OCH3 is 1. The molecule has 2 aromatic rings. The number of halogens is 3. The third-order valence-electron chi connectivity index (χ3n) is 6.81. The Morgan fingerprint density at radius 2 is 1.79 bits per heavy atom. The maximum Gasteiger partial charge on any atom is 0.573 e. The van der Waals surface area contributed by atoms with Crippen LogP contribution in [-0.4, -0.2) is 46.8 Å². The van der Waals surface area contributed by atoms with Crippen LogP contribution >= 0.6 is 0 Å². The van der Waals surface area contributed by atoms with Crippen LogP contribution in [0.1, 0.15) is 57.1 Å². The normalized spacial score (nSPS) is 23.8. The quantitative estimate of drug-likeness (QED) is 0.382. The molecule has 1 spiro atoms. The van der Waals surface area contributed by atoms with Gasteiger partial charge in [-0.25, -0.2) is 5.06 Å². The average Bonchev–Trinajstić information content (AvgIpc) is 3.07. The first kappa shape index (κ1) is 27.5. The number of carbonyl (C=O) groups excluding carboxylic acids is 2. The molecule has 1 aliphatic carbocycles. The maximum absolute atomic E-state index is 13.5. The minimum atomic E-state index is -4.94. The highest BCUT2D eigenvalue weighted by molar-refractivity contribution is 6.22. The number of carbonyl (C=O) groups is 2. The van der Waals surface area contributed by atoms with E-state index >= 15 is 0 Å². The third kappa shape index (κ3) is 5.36. The number of amides is 1. The Kier molecular flexibility index (Phi) is 7.22. The van der Waals surface area contributed by atoms with Gasteiger partial charge in [0.1, 0.15) is 17.1 Å². The molecule has 7 nitrogen and oxygen atoms in total. The van der Waals surface area contributed by atoms with Crippen molar-refractivity contribution in [3.63, 3.8) is 0 Å². The number of ether oxygens (including phenoxy) is 3. The first-order chi connectivity index (χ1) is 17.8. The Labute approximate surface area is 218 Å². The van der Waals surface area contributed by atoms with Crippen LogP contribution in [0.15, 0.2) is 54.6 Å². The molecule has 1 saturated carbocycles. The van der Waals surface area contributed by atoms with E-state index in [2.05, 4.69) is 4.74 Å². The molecule has 1 amide bonds. The highest BCUT2D eigenvalue weighted by atomic mass is 19.4. The van der Waals surface area contributed by atoms with Crippen molar-refractivity contribution in [3.05, 3.63) is 65.7 Å². The van der Waals surface area contributed by atoms with Crippen molar-refractivity contribution < 1.29 is 42.2 Å². The van der Waals surface area contributed by atoms with Gasteiger partial charge in [0.15, 0.2) is 0 Å². The van der Waals surface area contributed by atoms with Crippen LogP contribution in [0.3, 0.4) is 0 Å². The van der Waals surface area contributed by atoms with Crippen molar-refractivity contribution in [3.8, 4) is 11.5 Å². The molecular formula is C28H30F3NO6. The van der Waals surface area contributed by atoms with E-state index in [1.165, 1.54) is 13.2 Å². The smallest absolute Gasteiger partial charge is 0.496 e. The third-order valence-corrected chi connectivity index (χ3v) is 6.81. The van der Waals surface area contributed by atoms with Gasteiger partial charge in [-0.1, -0.05) is 30.3 Å². The van der Waals surface area contributed by atoms with E-state index in [-0.39, 0.29) is 16.9 Å². The fraction of sp³-hybridized carbons (Fsp3) is 0.429. The minimum Gasteiger partial charge on any atom is -0.496 e. The van der Waals surface area contributed by atoms with E-state index < -0.39 is 47.0 Å². The number of benzene rings is 2. The van der Waals surface area contributed by atoms with Crippen LogP contribution in [0.25, 0.3) is 5.57 Å². The average molecular weight is 534 g/mol. The summed E-state index contributed by atoms with van der Waals surface area (Å²) < 4.78 is 53.8. The second-order valence-electron chi connectivity index (χ2n) is 10.5. The Hall–Kier alpha value is -3.53. The number of nitrogens with zero attached hydrogens (tertiary/aromatic N) is 1. The van der Waals surface area contributed by atoms with E-state index in [1.54, 1.807) is 39.0 Å². The summed E-state index contributed by atoms with van der Waals surface area (Å²) in [5, 5.41) is 11.9. The number of hydroxylamine groups is 2. The molecular weight excluding hydrogens is 503 g/mol. The van der Waals surface area contributed by atoms with Gasteiger partial charge in [0.2, 0.25) is 0 Å². The molecule has 1 N–H and O–H groups in total. The summed E-state index contributed by atoms with van der Waals surface area (Å²) in [5.74, 6) is -3.06. The number of hydrogen-bond acceptors (Lipinski definition) is 6. The highest BCUT2D eigenvalue weighted by Gasteiger charge is 2.57. The van der Waals surface area contributed by atoms with Crippen molar-refractivity contribution in [1.29, 1.82) is 0 Å². The summed E-state index contributed by atoms with van der Waals surface area (Å²) in [5.41, 5.74) is -1.40. The molecule has 1 heterocycles. The number of esters is 1. The predicted molar refractivity (Wildman–Crippen MR) is 131 cm³/mol. The molecule has 1 unspecified atom stereocenters. The van der Waals surface area contributed by atoms with E-state index in [4.69, 9.17) is 9.47 Å². The molecule has 4 rings (SSSR count). The van der Waals surface area contributed by atoms with Gasteiger partial charge in [-0.05, 0) is 69.9 Å². The van der Waals surface area contributed by atoms with E-state index in [0.717, 1.165) is 12.1 Å². The summed E-state index contributed by atoms with van der Waals surface area (Å²) in [4.78, 5) is 26.9. The molecule has 2 aliphatic rings. The summed E-state index contributed by atoms with van der Waals surface area (Å²) in [6, 6.07) is 12.4. The van der Waals surface area contributed by atoms with Crippen molar-refractivity contribution in [1.82, 2.24) is 5.06 Å². The summed E-state index contributed by atoms with van der Waals surface area (Å²) in [6.45, 7) is 5.29. The van der Waals surface area contributed by atoms with Crippen molar-refractivity contribution in [2.24, 2.45) is 5.92 Å². The largest absolute Gasteiger partial charge is 0.573 e. The molecule has 204 valence electrons. The number of alkyl halides is 3. The fourth-order valence-electron chi connectivity index (χ4n) is 5.45. The topological polar surface area (TPSA) is 85.3 Å². The Morgan fingerprint density at radius 1 is 1.11 bits per heavy atom. The molecule has 38 heavy (non-hydrogen) atoms. The zero-order valence-corrected chi connectivity index (χ0v) is 21.5. The van der Waals surface area contributed by atoms with Gasteiger partial charge in [0.05, 0.1) is 24.1 Å². The SMILES string of the molecule is COc1ccc(OC(F)(F)F)cc1C1=C[C@@]2(CCCC(C(=O)OC(C)(C)C)[C@H]2c2ccccc2)N(O)C1=O. The second-order valence-corrected chi connectivity index (χ2v) is 10.5. The lowest BCUT2D eigenvalue weighted by Crippen LogP contribution is -2.54. The van der Waals surface area contributed by atoms with Gasteiger partial charge in [0, 0.05) is 11.5 Å². The van der Waals surface area contributed by atoms with Crippen molar-refractivity contribution in [2.45, 2.75) is 63.5 Å². The van der Waals surface area contributed by atoms with Gasteiger partial charge in [0.25, 0.3) is 5.91 Å². The molecule has 0 saturated heterocycles. The van der Waals surface area contributed by atoms with Gasteiger partial charge >= 0.3 is 12.3 Å². The number of hydrogen-bond donors (Lipinski definition) is 1. The first-order valence-corrected chi connectivity index (χ1v) is 12.2. The molecule has 0 radical (unpaired) electrons. The lowest BCUT2D eigenvalue weighted by Gasteiger charge is -2.47. The van der Waals surface area contributed by atoms with Crippen LogP contribution in [-0.2, 0) is 14.3 Å². The Balaban J connectivity index is 1.87. The van der Waals surface area contributed by atoms with E-state index in [9.17, 15) is 28.0 Å². The molecule has 2 aromatic carbocycles. The Bertz CT molecular complexity index is 1240. The molecule has 10 heteroatoms. The second kappa shape index (κ2) is 9.98. The molecule has 1 aliphatic heterocycles. The first-order valence-electron chi connectivity index (χ1n) is 12.2. The van der Waals surface area contributed by atoms with Crippen molar-refractivity contribution >= 4 is 17.4 Å². The molecule has 3 atom stereocenters. The van der Waals surface area contributed by atoms with Crippen molar-refractivity contribution in [2.75, 3.05) is 7.11 Å². The van der Waals surface area contributed by atoms with Gasteiger partial charge in [-0.15, -0.1) is 13.2 Å². The van der Waals surface area contributed by atoms with E-state index in [0.29, 0.717) is 29.9 Å². The zero-order valence-electron chi connectivity index (χ0n) is 21.5. The van der Waals surface area contributed by atoms with Gasteiger partial charge in [-0.2, -0.15) is 0 Å². The van der Waals surface area contributed by atoms with Gasteiger partial charge in [-0.3, -0.25) is 14.8 Å². The molecule has 1 fully saturated rings. The van der Waals surface area contributed by atoms with Crippen LogP contribution in [0.2, 0.25) is 0 Å². The van der Waals surface area contributed by atoms with Crippen LogP contribution in [0.4, 0.5) is 13.2 Å². The van der Waals surface area contributed by atoms with Crippen LogP contribution in [0, 0.1) is 5.92 Å². The molecule has 0 bridgehead atoms. The lowest BCUT2D eigenvalue weighted by atomic mass is 9.64. The van der Waals surface area contributed by atoms with Crippen LogP contribution in [0.5, 0.6) is 11.5 Å². The zero-order chi connectivity index (χ0) is 27.9. The number of rotatable bonds is 5. The van der Waals surface area contributed by atoms with Gasteiger partial charge < -0.3 is 14.2 Å².